The zero-order valence-corrected chi connectivity index (χ0v) is 15.1. The Balaban J connectivity index is 1.41. The van der Waals surface area contributed by atoms with Gasteiger partial charge in [-0.15, -0.1) is 5.10 Å². The van der Waals surface area contributed by atoms with E-state index in [1.54, 1.807) is 0 Å². The summed E-state index contributed by atoms with van der Waals surface area (Å²) in [6.07, 6.45) is 4.39. The Bertz CT molecular complexity index is 1090. The van der Waals surface area contributed by atoms with Crippen LogP contribution in [0.25, 0.3) is 5.52 Å². The third-order valence-corrected chi connectivity index (χ3v) is 4.95. The van der Waals surface area contributed by atoms with Crippen molar-refractivity contribution in [3.63, 3.8) is 0 Å². The molecule has 3 heterocycles. The van der Waals surface area contributed by atoms with Gasteiger partial charge in [-0.3, -0.25) is 5.10 Å². The fraction of sp³-hybridized carbons (Fsp3) is 0.250. The van der Waals surface area contributed by atoms with Crippen LogP contribution in [-0.4, -0.2) is 24.8 Å². The van der Waals surface area contributed by atoms with Crippen molar-refractivity contribution in [1.82, 2.24) is 24.8 Å². The van der Waals surface area contributed by atoms with Crippen LogP contribution in [0.2, 0.25) is 0 Å². The van der Waals surface area contributed by atoms with E-state index in [0.717, 1.165) is 17.2 Å². The molecule has 3 N–H and O–H groups in total. The number of nitrogens with one attached hydrogen (secondary N) is 3. The molecule has 5 rings (SSSR count). The molecule has 0 radical (unpaired) electrons. The van der Waals surface area contributed by atoms with Gasteiger partial charge < -0.3 is 10.6 Å². The Labute approximate surface area is 156 Å². The molecule has 0 amide bonds. The van der Waals surface area contributed by atoms with E-state index in [9.17, 15) is 0 Å². The van der Waals surface area contributed by atoms with E-state index in [0.29, 0.717) is 18.4 Å². The van der Waals surface area contributed by atoms with Crippen molar-refractivity contribution in [1.29, 1.82) is 0 Å². The van der Waals surface area contributed by atoms with Gasteiger partial charge in [0.2, 0.25) is 5.95 Å². The van der Waals surface area contributed by atoms with E-state index in [4.69, 9.17) is 0 Å². The number of H-pyrrole nitrogens is 1. The van der Waals surface area contributed by atoms with Crippen LogP contribution in [0.1, 0.15) is 35.6 Å². The Morgan fingerprint density at radius 2 is 2.07 bits per heavy atom. The monoisotopic (exact) mass is 359 g/mol. The minimum atomic E-state index is 0.514. The molecule has 0 spiro atoms. The molecule has 136 valence electrons. The number of aryl methyl sites for hydroxylation is 1. The number of aromatic nitrogens is 5. The lowest BCUT2D eigenvalue weighted by Crippen LogP contribution is -2.09. The van der Waals surface area contributed by atoms with Crippen LogP contribution in [-0.2, 0) is 6.54 Å². The molecule has 1 saturated carbocycles. The van der Waals surface area contributed by atoms with Gasteiger partial charge in [0.15, 0.2) is 11.6 Å². The minimum Gasteiger partial charge on any atom is -0.364 e. The lowest BCUT2D eigenvalue weighted by molar-refractivity contribution is 0.905. The fourth-order valence-electron chi connectivity index (χ4n) is 3.22. The molecule has 0 aliphatic heterocycles. The number of benzene rings is 1. The SMILES string of the molecule is Cc1ccccc1CNc1nc(Nc2cc(C3CC3)[nH]n2)nn2cccc12. The van der Waals surface area contributed by atoms with Crippen molar-refractivity contribution in [3.05, 3.63) is 65.5 Å². The molecule has 1 aliphatic carbocycles. The summed E-state index contributed by atoms with van der Waals surface area (Å²) in [6.45, 7) is 2.82. The molecule has 0 saturated heterocycles. The van der Waals surface area contributed by atoms with Crippen LogP contribution in [0.5, 0.6) is 0 Å². The molecule has 7 nitrogen and oxygen atoms in total. The Kier molecular flexibility index (Phi) is 3.78. The van der Waals surface area contributed by atoms with Crippen LogP contribution in [0.4, 0.5) is 17.6 Å². The van der Waals surface area contributed by atoms with Gasteiger partial charge >= 0.3 is 0 Å². The zero-order chi connectivity index (χ0) is 18.2. The second-order valence-electron chi connectivity index (χ2n) is 7.01. The highest BCUT2D eigenvalue weighted by atomic mass is 15.3. The molecule has 27 heavy (non-hydrogen) atoms. The second kappa shape index (κ2) is 6.42. The van der Waals surface area contributed by atoms with Crippen LogP contribution in [0.3, 0.4) is 0 Å². The molecule has 7 heteroatoms. The summed E-state index contributed by atoms with van der Waals surface area (Å²) < 4.78 is 1.82. The second-order valence-corrected chi connectivity index (χ2v) is 7.01. The number of rotatable bonds is 6. The van der Waals surface area contributed by atoms with Gasteiger partial charge in [0.1, 0.15) is 5.52 Å². The van der Waals surface area contributed by atoms with Gasteiger partial charge in [0.05, 0.1) is 0 Å². The Morgan fingerprint density at radius 1 is 1.19 bits per heavy atom. The van der Waals surface area contributed by atoms with E-state index in [1.165, 1.54) is 29.7 Å². The van der Waals surface area contributed by atoms with Crippen molar-refractivity contribution in [2.75, 3.05) is 10.6 Å². The maximum Gasteiger partial charge on any atom is 0.248 e. The summed E-state index contributed by atoms with van der Waals surface area (Å²) in [5.74, 6) is 2.68. The summed E-state index contributed by atoms with van der Waals surface area (Å²) in [6, 6.07) is 14.4. The van der Waals surface area contributed by atoms with Gasteiger partial charge in [-0.25, -0.2) is 4.52 Å². The van der Waals surface area contributed by atoms with Crippen molar-refractivity contribution in [2.24, 2.45) is 0 Å². The van der Waals surface area contributed by atoms with Crippen molar-refractivity contribution < 1.29 is 0 Å². The molecule has 1 aromatic carbocycles. The molecular formula is C20H21N7. The highest BCUT2D eigenvalue weighted by Gasteiger charge is 2.25. The molecular weight excluding hydrogens is 338 g/mol. The molecule has 4 aromatic rings. The summed E-state index contributed by atoms with van der Waals surface area (Å²) in [5, 5.41) is 18.6. The number of anilines is 3. The summed E-state index contributed by atoms with van der Waals surface area (Å²) >= 11 is 0. The van der Waals surface area contributed by atoms with Crippen LogP contribution in [0.15, 0.2) is 48.7 Å². The zero-order valence-electron chi connectivity index (χ0n) is 15.1. The maximum atomic E-state index is 4.67. The average Bonchev–Trinajstić information content (AvgIpc) is 3.23. The smallest absolute Gasteiger partial charge is 0.248 e. The fourth-order valence-corrected chi connectivity index (χ4v) is 3.22. The molecule has 1 fully saturated rings. The first-order valence-electron chi connectivity index (χ1n) is 9.22. The van der Waals surface area contributed by atoms with Crippen LogP contribution in [0, 0.1) is 6.92 Å². The normalized spacial score (nSPS) is 13.8. The predicted octanol–water partition coefficient (Wildman–Crippen LogP) is 3.99. The first kappa shape index (κ1) is 15.9. The third-order valence-electron chi connectivity index (χ3n) is 4.95. The van der Waals surface area contributed by atoms with Crippen molar-refractivity contribution in [2.45, 2.75) is 32.2 Å². The van der Waals surface area contributed by atoms with E-state index >= 15 is 0 Å². The lowest BCUT2D eigenvalue weighted by Gasteiger charge is -2.11. The van der Waals surface area contributed by atoms with Gasteiger partial charge in [-0.05, 0) is 43.0 Å². The number of hydrogen-bond donors (Lipinski definition) is 3. The van der Waals surface area contributed by atoms with E-state index in [-0.39, 0.29) is 0 Å². The molecule has 0 atom stereocenters. The van der Waals surface area contributed by atoms with Crippen LogP contribution < -0.4 is 10.6 Å². The first-order valence-corrected chi connectivity index (χ1v) is 9.22. The number of fused-ring (bicyclic) bond motifs is 1. The summed E-state index contributed by atoms with van der Waals surface area (Å²) in [7, 11) is 0. The molecule has 0 unspecified atom stereocenters. The maximum absolute atomic E-state index is 4.67. The summed E-state index contributed by atoms with van der Waals surface area (Å²) in [4.78, 5) is 4.67. The standard InChI is InChI=1S/C20H21N7/c1-13-5-2-3-6-15(13)12-21-19-17-7-4-10-27(17)26-20(23-19)22-18-11-16(24-25-18)14-8-9-14/h2-7,10-11,14H,8-9,12H2,1H3,(H3,21,22,23,24,25,26). The third kappa shape index (κ3) is 3.23. The number of aromatic amines is 1. The lowest BCUT2D eigenvalue weighted by atomic mass is 10.1. The highest BCUT2D eigenvalue weighted by Crippen LogP contribution is 2.39. The van der Waals surface area contributed by atoms with Gasteiger partial charge in [-0.1, -0.05) is 24.3 Å². The van der Waals surface area contributed by atoms with Gasteiger partial charge in [-0.2, -0.15) is 10.1 Å². The highest BCUT2D eigenvalue weighted by molar-refractivity contribution is 5.69. The largest absolute Gasteiger partial charge is 0.364 e. The summed E-state index contributed by atoms with van der Waals surface area (Å²) in [5.41, 5.74) is 4.62. The van der Waals surface area contributed by atoms with E-state index < -0.39 is 0 Å². The van der Waals surface area contributed by atoms with Gasteiger partial charge in [0, 0.05) is 30.4 Å². The number of nitrogens with zero attached hydrogens (tertiary/aromatic N) is 4. The molecule has 3 aromatic heterocycles. The average molecular weight is 359 g/mol. The van der Waals surface area contributed by atoms with Gasteiger partial charge in [0.25, 0.3) is 0 Å². The van der Waals surface area contributed by atoms with E-state index in [2.05, 4.69) is 62.1 Å². The van der Waals surface area contributed by atoms with Crippen molar-refractivity contribution >= 4 is 23.1 Å². The first-order chi connectivity index (χ1) is 13.3. The topological polar surface area (TPSA) is 82.9 Å². The minimum absolute atomic E-state index is 0.514. The Morgan fingerprint density at radius 3 is 2.93 bits per heavy atom. The van der Waals surface area contributed by atoms with Crippen LogP contribution >= 0.6 is 0 Å². The predicted molar refractivity (Wildman–Crippen MR) is 105 cm³/mol. The number of hydrogen-bond acceptors (Lipinski definition) is 5. The molecule has 0 bridgehead atoms. The quantitative estimate of drug-likeness (QED) is 0.485. The van der Waals surface area contributed by atoms with E-state index in [1.807, 2.05) is 28.9 Å². The Hall–Kier alpha value is -3.35. The van der Waals surface area contributed by atoms with Crippen molar-refractivity contribution in [3.8, 4) is 0 Å². The molecule has 1 aliphatic rings.